The molecule has 1 aliphatic heterocycles. The number of hydroxylamine groups is 2. The van der Waals surface area contributed by atoms with E-state index >= 15 is 0 Å². The van der Waals surface area contributed by atoms with E-state index in [4.69, 9.17) is 9.47 Å². The summed E-state index contributed by atoms with van der Waals surface area (Å²) >= 11 is 0. The van der Waals surface area contributed by atoms with E-state index in [1.165, 1.54) is 5.06 Å². The second-order valence-electron chi connectivity index (χ2n) is 8.43. The maximum atomic E-state index is 12.2. The number of nitrogens with zero attached hydrogens (tertiary/aromatic N) is 1. The summed E-state index contributed by atoms with van der Waals surface area (Å²) < 4.78 is 11.1. The van der Waals surface area contributed by atoms with E-state index in [1.807, 2.05) is 48.5 Å². The van der Waals surface area contributed by atoms with Crippen LogP contribution >= 0.6 is 12.4 Å². The molecule has 1 heterocycles. The molecule has 1 saturated heterocycles. The van der Waals surface area contributed by atoms with Crippen molar-refractivity contribution in [3.05, 3.63) is 0 Å². The maximum absolute atomic E-state index is 12.2. The molecule has 0 amide bonds. The summed E-state index contributed by atoms with van der Waals surface area (Å²) in [6, 6.07) is 0. The van der Waals surface area contributed by atoms with Crippen LogP contribution in [0.15, 0.2) is 0 Å². The molecule has 1 fully saturated rings. The molecule has 0 aromatic heterocycles. The van der Waals surface area contributed by atoms with Gasteiger partial charge in [0, 0.05) is 30.5 Å². The smallest absolute Gasteiger partial charge is 0.306 e. The SMILES string of the molecule is CCOCC(C)(C)CC(=O)OC1CC(C)(C)N(O)C(C)(C)C1.Cl. The van der Waals surface area contributed by atoms with Gasteiger partial charge in [-0.05, 0) is 40.0 Å². The summed E-state index contributed by atoms with van der Waals surface area (Å²) in [6.07, 6.45) is 1.44. The molecular weight excluding hydrogens is 318 g/mol. The van der Waals surface area contributed by atoms with E-state index in [0.717, 1.165) is 0 Å². The van der Waals surface area contributed by atoms with E-state index < -0.39 is 11.1 Å². The van der Waals surface area contributed by atoms with Gasteiger partial charge in [-0.2, -0.15) is 5.06 Å². The summed E-state index contributed by atoms with van der Waals surface area (Å²) in [7, 11) is 0. The van der Waals surface area contributed by atoms with Gasteiger partial charge < -0.3 is 14.7 Å². The zero-order chi connectivity index (χ0) is 17.2. The van der Waals surface area contributed by atoms with Gasteiger partial charge in [0.15, 0.2) is 0 Å². The average Bonchev–Trinajstić information content (AvgIpc) is 2.32. The number of hydrogen-bond acceptors (Lipinski definition) is 5. The molecule has 1 rings (SSSR count). The number of ether oxygens (including phenoxy) is 2. The molecule has 0 spiro atoms. The topological polar surface area (TPSA) is 59.0 Å². The first-order valence-electron chi connectivity index (χ1n) is 8.16. The standard InChI is InChI=1S/C17H33NO4.ClH/c1-8-21-12-15(2,3)11-14(19)22-13-9-16(4,5)18(20)17(6,7)10-13;/h13,20H,8-12H2,1-7H3;1H. The van der Waals surface area contributed by atoms with E-state index in [1.54, 1.807) is 0 Å². The van der Waals surface area contributed by atoms with Crippen LogP contribution in [0.5, 0.6) is 0 Å². The first-order valence-corrected chi connectivity index (χ1v) is 8.16. The fourth-order valence-electron chi connectivity index (χ4n) is 3.31. The molecule has 1 aliphatic rings. The third kappa shape index (κ3) is 6.57. The molecule has 0 radical (unpaired) electrons. The summed E-state index contributed by atoms with van der Waals surface area (Å²) in [5.74, 6) is -0.187. The lowest BCUT2D eigenvalue weighted by Crippen LogP contribution is -2.60. The normalized spacial score (nSPS) is 21.6. The lowest BCUT2D eigenvalue weighted by molar-refractivity contribution is -0.259. The number of carbonyl (C=O) groups excluding carboxylic acids is 1. The Labute approximate surface area is 147 Å². The molecule has 6 heteroatoms. The zero-order valence-corrected chi connectivity index (χ0v) is 16.5. The highest BCUT2D eigenvalue weighted by Gasteiger charge is 2.46. The molecule has 5 nitrogen and oxygen atoms in total. The Morgan fingerprint density at radius 1 is 1.22 bits per heavy atom. The summed E-state index contributed by atoms with van der Waals surface area (Å²) in [6.45, 7) is 15.0. The Morgan fingerprint density at radius 3 is 2.13 bits per heavy atom. The van der Waals surface area contributed by atoms with Crippen molar-refractivity contribution in [2.24, 2.45) is 5.41 Å². The first kappa shape index (κ1) is 22.6. The second-order valence-corrected chi connectivity index (χ2v) is 8.43. The lowest BCUT2D eigenvalue weighted by atomic mass is 9.80. The minimum atomic E-state index is -0.409. The van der Waals surface area contributed by atoms with Gasteiger partial charge in [-0.15, -0.1) is 12.4 Å². The van der Waals surface area contributed by atoms with Crippen LogP contribution in [0.4, 0.5) is 0 Å². The highest BCUT2D eigenvalue weighted by Crippen LogP contribution is 2.38. The molecule has 23 heavy (non-hydrogen) atoms. The van der Waals surface area contributed by atoms with Crippen LogP contribution in [-0.2, 0) is 14.3 Å². The number of esters is 1. The summed E-state index contributed by atoms with van der Waals surface area (Å²) in [4.78, 5) is 12.2. The van der Waals surface area contributed by atoms with Crippen LogP contribution in [0.3, 0.4) is 0 Å². The van der Waals surface area contributed by atoms with Crippen LogP contribution in [0.1, 0.15) is 67.7 Å². The molecule has 0 aromatic rings. The van der Waals surface area contributed by atoms with Crippen LogP contribution in [-0.4, -0.2) is 46.6 Å². The minimum absolute atomic E-state index is 0. The molecular formula is C17H34ClNO4. The number of hydrogen-bond donors (Lipinski definition) is 1. The van der Waals surface area contributed by atoms with Crippen molar-refractivity contribution < 1.29 is 19.5 Å². The fraction of sp³-hybridized carbons (Fsp3) is 0.941. The summed E-state index contributed by atoms with van der Waals surface area (Å²) in [5.41, 5.74) is -1.04. The van der Waals surface area contributed by atoms with Gasteiger partial charge >= 0.3 is 5.97 Å². The van der Waals surface area contributed by atoms with Gasteiger partial charge in [-0.1, -0.05) is 13.8 Å². The zero-order valence-electron chi connectivity index (χ0n) is 15.6. The molecule has 0 atom stereocenters. The van der Waals surface area contributed by atoms with Gasteiger partial charge in [-0.3, -0.25) is 4.79 Å². The van der Waals surface area contributed by atoms with Gasteiger partial charge in [0.2, 0.25) is 0 Å². The van der Waals surface area contributed by atoms with Crippen molar-refractivity contribution in [1.29, 1.82) is 0 Å². The van der Waals surface area contributed by atoms with Crippen LogP contribution in [0.2, 0.25) is 0 Å². The van der Waals surface area contributed by atoms with E-state index in [0.29, 0.717) is 32.5 Å². The number of carbonyl (C=O) groups is 1. The van der Waals surface area contributed by atoms with Gasteiger partial charge in [0.05, 0.1) is 13.0 Å². The quantitative estimate of drug-likeness (QED) is 0.737. The van der Waals surface area contributed by atoms with Crippen LogP contribution in [0, 0.1) is 5.41 Å². The largest absolute Gasteiger partial charge is 0.462 e. The number of rotatable bonds is 6. The average molecular weight is 352 g/mol. The minimum Gasteiger partial charge on any atom is -0.462 e. The molecule has 0 aliphatic carbocycles. The molecule has 0 unspecified atom stereocenters. The molecule has 138 valence electrons. The molecule has 0 bridgehead atoms. The van der Waals surface area contributed by atoms with Crippen LogP contribution in [0.25, 0.3) is 0 Å². The van der Waals surface area contributed by atoms with Gasteiger partial charge in [0.1, 0.15) is 6.10 Å². The number of halogens is 1. The molecule has 0 aromatic carbocycles. The van der Waals surface area contributed by atoms with Crippen molar-refractivity contribution in [1.82, 2.24) is 5.06 Å². The Balaban J connectivity index is 0.00000484. The highest BCUT2D eigenvalue weighted by atomic mass is 35.5. The molecule has 0 saturated carbocycles. The fourth-order valence-corrected chi connectivity index (χ4v) is 3.31. The lowest BCUT2D eigenvalue weighted by Gasteiger charge is -2.51. The highest BCUT2D eigenvalue weighted by molar-refractivity contribution is 5.85. The third-order valence-corrected chi connectivity index (χ3v) is 4.22. The molecule has 1 N–H and O–H groups in total. The monoisotopic (exact) mass is 351 g/mol. The van der Waals surface area contributed by atoms with Crippen LogP contribution < -0.4 is 0 Å². The Morgan fingerprint density at radius 2 is 1.70 bits per heavy atom. The van der Waals surface area contributed by atoms with Gasteiger partial charge in [-0.25, -0.2) is 0 Å². The number of piperidine rings is 1. The Bertz CT molecular complexity index is 378. The second kappa shape index (κ2) is 8.15. The van der Waals surface area contributed by atoms with E-state index in [2.05, 4.69) is 0 Å². The maximum Gasteiger partial charge on any atom is 0.306 e. The van der Waals surface area contributed by atoms with Gasteiger partial charge in [0.25, 0.3) is 0 Å². The van der Waals surface area contributed by atoms with Crippen molar-refractivity contribution >= 4 is 18.4 Å². The van der Waals surface area contributed by atoms with Crippen molar-refractivity contribution in [3.63, 3.8) is 0 Å². The van der Waals surface area contributed by atoms with E-state index in [-0.39, 0.29) is 29.9 Å². The van der Waals surface area contributed by atoms with E-state index in [9.17, 15) is 10.0 Å². The predicted octanol–water partition coefficient (Wildman–Crippen LogP) is 3.82. The first-order chi connectivity index (χ1) is 9.89. The Hall–Kier alpha value is -0.360. The Kier molecular flexibility index (Phi) is 8.02. The van der Waals surface area contributed by atoms with Crippen molar-refractivity contribution in [2.75, 3.05) is 13.2 Å². The summed E-state index contributed by atoms with van der Waals surface area (Å²) in [5, 5.41) is 11.7. The van der Waals surface area contributed by atoms with Crippen molar-refractivity contribution in [3.8, 4) is 0 Å². The third-order valence-electron chi connectivity index (χ3n) is 4.22. The predicted molar refractivity (Wildman–Crippen MR) is 93.0 cm³/mol. The van der Waals surface area contributed by atoms with Crippen molar-refractivity contribution in [2.45, 2.75) is 84.9 Å².